The molecule has 0 fully saturated rings. The normalized spacial score (nSPS) is 12.2. The van der Waals surface area contributed by atoms with E-state index in [4.69, 9.17) is 4.74 Å². The molecule has 1 N–H and O–H groups in total. The van der Waals surface area contributed by atoms with Gasteiger partial charge in [0.25, 0.3) is 5.56 Å². The van der Waals surface area contributed by atoms with Crippen LogP contribution in [0.2, 0.25) is 0 Å². The van der Waals surface area contributed by atoms with Crippen molar-refractivity contribution < 1.29 is 9.53 Å². The average molecular weight is 423 g/mol. The average Bonchev–Trinajstić information content (AvgIpc) is 3.17. The number of benzene rings is 2. The van der Waals surface area contributed by atoms with Gasteiger partial charge in [-0.2, -0.15) is 0 Å². The van der Waals surface area contributed by atoms with Crippen LogP contribution in [0.25, 0.3) is 16.7 Å². The van der Waals surface area contributed by atoms with Crippen LogP contribution in [0.1, 0.15) is 13.8 Å². The van der Waals surface area contributed by atoms with Crippen LogP contribution in [-0.2, 0) is 11.8 Å². The molecule has 0 radical (unpaired) electrons. The molecule has 0 spiro atoms. The van der Waals surface area contributed by atoms with Gasteiger partial charge < -0.3 is 10.1 Å². The number of aryl methyl sites for hydroxylation is 1. The second-order valence-electron chi connectivity index (χ2n) is 6.68. The van der Waals surface area contributed by atoms with E-state index >= 15 is 0 Å². The highest BCUT2D eigenvalue weighted by molar-refractivity contribution is 8.00. The van der Waals surface area contributed by atoms with Crippen molar-refractivity contribution in [1.29, 1.82) is 0 Å². The highest BCUT2D eigenvalue weighted by atomic mass is 32.2. The Morgan fingerprint density at radius 2 is 1.90 bits per heavy atom. The summed E-state index contributed by atoms with van der Waals surface area (Å²) in [6, 6.07) is 14.6. The summed E-state index contributed by atoms with van der Waals surface area (Å²) in [5.74, 6) is 0.869. The lowest BCUT2D eigenvalue weighted by Gasteiger charge is -2.14. The van der Waals surface area contributed by atoms with Crippen LogP contribution in [0, 0.1) is 0 Å². The molecule has 1 amide bonds. The molecule has 0 saturated heterocycles. The highest BCUT2D eigenvalue weighted by Crippen LogP contribution is 2.28. The predicted molar refractivity (Wildman–Crippen MR) is 117 cm³/mol. The van der Waals surface area contributed by atoms with Gasteiger partial charge in [-0.3, -0.25) is 18.6 Å². The summed E-state index contributed by atoms with van der Waals surface area (Å²) in [6.07, 6.45) is 0. The molecular formula is C21H21N5O3S. The summed E-state index contributed by atoms with van der Waals surface area (Å²) in [5.41, 5.74) is 1.19. The van der Waals surface area contributed by atoms with E-state index in [2.05, 4.69) is 15.5 Å². The number of rotatable bonds is 6. The number of fused-ring (bicyclic) bond motifs is 3. The molecule has 2 aromatic heterocycles. The molecule has 8 nitrogen and oxygen atoms in total. The zero-order valence-corrected chi connectivity index (χ0v) is 17.6. The van der Waals surface area contributed by atoms with Crippen LogP contribution in [0.4, 0.5) is 5.69 Å². The number of aromatic nitrogens is 4. The fourth-order valence-corrected chi connectivity index (χ4v) is 4.04. The molecule has 4 rings (SSSR count). The zero-order valence-electron chi connectivity index (χ0n) is 16.8. The maximum Gasteiger partial charge on any atom is 0.262 e. The molecule has 2 aromatic carbocycles. The molecule has 1 atom stereocenters. The number of carbonyl (C=O) groups excluding carboxylic acids is 1. The van der Waals surface area contributed by atoms with Crippen molar-refractivity contribution in [3.8, 4) is 5.75 Å². The number of nitrogens with one attached hydrogen (secondary N) is 1. The lowest BCUT2D eigenvalue weighted by Crippen LogP contribution is -2.23. The predicted octanol–water partition coefficient (Wildman–Crippen LogP) is 3.10. The minimum atomic E-state index is -0.455. The number of thioether (sulfide) groups is 1. The fraction of sp³-hybridized carbons (Fsp3) is 0.238. The molecule has 0 bridgehead atoms. The van der Waals surface area contributed by atoms with E-state index in [1.807, 2.05) is 43.3 Å². The number of carbonyl (C=O) groups is 1. The van der Waals surface area contributed by atoms with Gasteiger partial charge in [0, 0.05) is 7.05 Å². The second kappa shape index (κ2) is 8.19. The second-order valence-corrected chi connectivity index (χ2v) is 7.99. The highest BCUT2D eigenvalue weighted by Gasteiger charge is 2.21. The summed E-state index contributed by atoms with van der Waals surface area (Å²) in [7, 11) is 1.66. The Kier molecular flexibility index (Phi) is 5.45. The molecule has 2 heterocycles. The summed E-state index contributed by atoms with van der Waals surface area (Å²) < 4.78 is 8.84. The molecule has 0 saturated carbocycles. The maximum atomic E-state index is 12.8. The SMILES string of the molecule is CCOc1ccccc1NC(=O)C(C)Sc1nnc2n(C)c(=O)c3ccccc3n12. The minimum Gasteiger partial charge on any atom is -0.492 e. The van der Waals surface area contributed by atoms with Gasteiger partial charge in [0.05, 0.1) is 28.4 Å². The third-order valence-corrected chi connectivity index (χ3v) is 5.74. The molecule has 4 aromatic rings. The van der Waals surface area contributed by atoms with Crippen molar-refractivity contribution in [3.05, 3.63) is 58.9 Å². The largest absolute Gasteiger partial charge is 0.492 e. The van der Waals surface area contributed by atoms with E-state index in [0.717, 1.165) is 0 Å². The first-order valence-corrected chi connectivity index (χ1v) is 10.4. The van der Waals surface area contributed by atoms with Crippen LogP contribution >= 0.6 is 11.8 Å². The monoisotopic (exact) mass is 423 g/mol. The minimum absolute atomic E-state index is 0.139. The summed E-state index contributed by atoms with van der Waals surface area (Å²) in [4.78, 5) is 25.4. The number of hydrogen-bond donors (Lipinski definition) is 1. The standard InChI is InChI=1S/C21H21N5O3S/c1-4-29-17-12-8-6-10-15(17)22-18(27)13(2)30-21-24-23-20-25(3)19(28)14-9-5-7-11-16(14)26(20)21/h5-13H,4H2,1-3H3,(H,22,27). The van der Waals surface area contributed by atoms with Crippen LogP contribution in [0.3, 0.4) is 0 Å². The van der Waals surface area contributed by atoms with E-state index in [9.17, 15) is 9.59 Å². The molecule has 1 unspecified atom stereocenters. The first-order valence-electron chi connectivity index (χ1n) is 9.53. The number of hydrogen-bond acceptors (Lipinski definition) is 6. The van der Waals surface area contributed by atoms with Crippen LogP contribution < -0.4 is 15.6 Å². The van der Waals surface area contributed by atoms with Crippen LogP contribution in [-0.4, -0.2) is 36.9 Å². The summed E-state index contributed by atoms with van der Waals surface area (Å²) in [6.45, 7) is 4.20. The quantitative estimate of drug-likeness (QED) is 0.479. The third-order valence-electron chi connectivity index (χ3n) is 4.69. The van der Waals surface area contributed by atoms with E-state index < -0.39 is 5.25 Å². The van der Waals surface area contributed by atoms with Crippen molar-refractivity contribution in [1.82, 2.24) is 19.2 Å². The number of ether oxygens (including phenoxy) is 1. The molecule has 9 heteroatoms. The molecule has 30 heavy (non-hydrogen) atoms. The third kappa shape index (κ3) is 3.52. The van der Waals surface area contributed by atoms with Crippen molar-refractivity contribution in [2.75, 3.05) is 11.9 Å². The summed E-state index contributed by atoms with van der Waals surface area (Å²) in [5, 5.41) is 12.0. The Hall–Kier alpha value is -3.33. The first-order chi connectivity index (χ1) is 14.5. The van der Waals surface area contributed by atoms with E-state index in [-0.39, 0.29) is 11.5 Å². The van der Waals surface area contributed by atoms with Crippen molar-refractivity contribution in [2.45, 2.75) is 24.3 Å². The van der Waals surface area contributed by atoms with Crippen LogP contribution in [0.5, 0.6) is 5.75 Å². The maximum absolute atomic E-state index is 12.8. The molecule has 0 aliphatic carbocycles. The Balaban J connectivity index is 1.65. The smallest absolute Gasteiger partial charge is 0.262 e. The van der Waals surface area contributed by atoms with E-state index in [1.54, 1.807) is 30.5 Å². The van der Waals surface area contributed by atoms with Gasteiger partial charge >= 0.3 is 0 Å². The van der Waals surface area contributed by atoms with Crippen molar-refractivity contribution in [3.63, 3.8) is 0 Å². The molecule has 154 valence electrons. The number of anilines is 1. The lowest BCUT2D eigenvalue weighted by molar-refractivity contribution is -0.115. The zero-order chi connectivity index (χ0) is 21.3. The van der Waals surface area contributed by atoms with E-state index in [1.165, 1.54) is 16.3 Å². The number of nitrogens with zero attached hydrogens (tertiary/aromatic N) is 4. The Morgan fingerprint density at radius 3 is 2.70 bits per heavy atom. The van der Waals surface area contributed by atoms with Gasteiger partial charge in [0.2, 0.25) is 11.7 Å². The molecule has 0 aliphatic heterocycles. The molecule has 0 aliphatic rings. The Labute approximate surface area is 176 Å². The van der Waals surface area contributed by atoms with Gasteiger partial charge in [-0.25, -0.2) is 0 Å². The molecular weight excluding hydrogens is 402 g/mol. The van der Waals surface area contributed by atoms with Gasteiger partial charge in [0.1, 0.15) is 5.75 Å². The Morgan fingerprint density at radius 1 is 1.17 bits per heavy atom. The fourth-order valence-electron chi connectivity index (χ4n) is 3.18. The van der Waals surface area contributed by atoms with Gasteiger partial charge in [-0.05, 0) is 38.1 Å². The van der Waals surface area contributed by atoms with Crippen molar-refractivity contribution in [2.24, 2.45) is 7.05 Å². The van der Waals surface area contributed by atoms with Gasteiger partial charge in [-0.15, -0.1) is 10.2 Å². The number of amides is 1. The topological polar surface area (TPSA) is 90.5 Å². The lowest BCUT2D eigenvalue weighted by atomic mass is 10.2. The van der Waals surface area contributed by atoms with Crippen LogP contribution in [0.15, 0.2) is 58.5 Å². The number of para-hydroxylation sites is 3. The Bertz CT molecular complexity index is 1300. The van der Waals surface area contributed by atoms with E-state index in [0.29, 0.717) is 39.9 Å². The van der Waals surface area contributed by atoms with Crippen molar-refractivity contribution >= 4 is 40.0 Å². The summed E-state index contributed by atoms with van der Waals surface area (Å²) >= 11 is 1.28. The first kappa shape index (κ1) is 20.0. The van der Waals surface area contributed by atoms with Gasteiger partial charge in [0.15, 0.2) is 5.16 Å². The van der Waals surface area contributed by atoms with Gasteiger partial charge in [-0.1, -0.05) is 36.0 Å².